The highest BCUT2D eigenvalue weighted by Gasteiger charge is 2.29. The van der Waals surface area contributed by atoms with Crippen LogP contribution >= 0.6 is 11.6 Å². The number of amides is 2. The monoisotopic (exact) mass is 597 g/mol. The summed E-state index contributed by atoms with van der Waals surface area (Å²) in [6, 6.07) is 10.7. The molecule has 3 aromatic carbocycles. The minimum atomic E-state index is -3.50. The van der Waals surface area contributed by atoms with Crippen molar-refractivity contribution in [3.05, 3.63) is 86.9 Å². The maximum atomic E-state index is 13.2. The standard InChI is InChI=1S/C28H28ClN5O6S/c1-41(39,40)19-4-2-3-15(9-19)10-23(28(37)38)33-26(35)24-21(29)11-18-14-34(8-7-20(18)25(24)32)27(36)16-5-6-17(13-30)22(31)12-16/h2-6,9,11-13,23,30H,7-8,10,14,31-32H2,1H3,(H,33,35)(H,37,38)/t23-/m0/s1. The number of nitrogens with zero attached hydrogens (tertiary/aromatic N) is 1. The molecule has 0 saturated heterocycles. The van der Waals surface area contributed by atoms with Gasteiger partial charge in [-0.1, -0.05) is 29.8 Å². The van der Waals surface area contributed by atoms with E-state index < -0.39 is 27.8 Å². The third-order valence-electron chi connectivity index (χ3n) is 6.89. The Bertz CT molecular complexity index is 1690. The molecule has 13 heteroatoms. The smallest absolute Gasteiger partial charge is 0.326 e. The van der Waals surface area contributed by atoms with Gasteiger partial charge in [-0.2, -0.15) is 0 Å². The van der Waals surface area contributed by atoms with Crippen LogP contribution in [-0.4, -0.2) is 61.3 Å². The van der Waals surface area contributed by atoms with Crippen molar-refractivity contribution in [1.29, 1.82) is 5.41 Å². The van der Waals surface area contributed by atoms with Gasteiger partial charge in [0.2, 0.25) is 0 Å². The van der Waals surface area contributed by atoms with Gasteiger partial charge in [-0.3, -0.25) is 9.59 Å². The van der Waals surface area contributed by atoms with E-state index in [-0.39, 0.29) is 40.0 Å². The van der Waals surface area contributed by atoms with Crippen molar-refractivity contribution >= 4 is 56.8 Å². The van der Waals surface area contributed by atoms with Crippen molar-refractivity contribution in [2.24, 2.45) is 0 Å². The molecule has 4 rings (SSSR count). The van der Waals surface area contributed by atoms with Gasteiger partial charge in [0.05, 0.1) is 15.5 Å². The van der Waals surface area contributed by atoms with Crippen LogP contribution in [0.3, 0.4) is 0 Å². The predicted octanol–water partition coefficient (Wildman–Crippen LogP) is 2.53. The van der Waals surface area contributed by atoms with Crippen molar-refractivity contribution in [2.45, 2.75) is 30.3 Å². The molecule has 0 aromatic heterocycles. The molecular formula is C28H28ClN5O6S. The molecule has 0 bridgehead atoms. The van der Waals surface area contributed by atoms with E-state index in [0.717, 1.165) is 12.5 Å². The number of halogens is 1. The number of nitrogens with two attached hydrogens (primary N) is 2. The average Bonchev–Trinajstić information content (AvgIpc) is 2.91. The number of carboxylic acids is 1. The summed E-state index contributed by atoms with van der Waals surface area (Å²) >= 11 is 6.46. The predicted molar refractivity (Wildman–Crippen MR) is 155 cm³/mol. The zero-order valence-electron chi connectivity index (χ0n) is 22.0. The number of rotatable bonds is 8. The highest BCUT2D eigenvalue weighted by molar-refractivity contribution is 7.90. The van der Waals surface area contributed by atoms with Crippen LogP contribution in [0.15, 0.2) is 53.4 Å². The van der Waals surface area contributed by atoms with Crippen LogP contribution in [0.2, 0.25) is 5.02 Å². The number of aliphatic carboxylic acids is 1. The van der Waals surface area contributed by atoms with Gasteiger partial charge >= 0.3 is 5.97 Å². The van der Waals surface area contributed by atoms with Crippen LogP contribution < -0.4 is 16.8 Å². The lowest BCUT2D eigenvalue weighted by atomic mass is 9.93. The van der Waals surface area contributed by atoms with E-state index in [1.165, 1.54) is 24.3 Å². The molecular weight excluding hydrogens is 570 g/mol. The van der Waals surface area contributed by atoms with Gasteiger partial charge in [-0.15, -0.1) is 0 Å². The number of carboxylic acid groups (broad SMARTS) is 1. The second kappa shape index (κ2) is 11.6. The number of carbonyl (C=O) groups excluding carboxylic acids is 2. The lowest BCUT2D eigenvalue weighted by Crippen LogP contribution is -2.43. The Morgan fingerprint density at radius 2 is 1.90 bits per heavy atom. The van der Waals surface area contributed by atoms with Crippen molar-refractivity contribution in [1.82, 2.24) is 10.2 Å². The van der Waals surface area contributed by atoms with Crippen molar-refractivity contribution in [3.8, 4) is 0 Å². The van der Waals surface area contributed by atoms with Gasteiger partial charge < -0.3 is 32.2 Å². The van der Waals surface area contributed by atoms with Crippen LogP contribution in [0.1, 0.15) is 43.0 Å². The molecule has 2 amide bonds. The second-order valence-corrected chi connectivity index (χ2v) is 12.2. The number of nitrogens with one attached hydrogen (secondary N) is 2. The number of hydrogen-bond acceptors (Lipinski definition) is 8. The van der Waals surface area contributed by atoms with Crippen LogP contribution in [0, 0.1) is 5.41 Å². The molecule has 11 nitrogen and oxygen atoms in total. The molecule has 41 heavy (non-hydrogen) atoms. The first-order valence-corrected chi connectivity index (χ1v) is 14.7. The van der Waals surface area contributed by atoms with Gasteiger partial charge in [-0.25, -0.2) is 13.2 Å². The second-order valence-electron chi connectivity index (χ2n) is 9.74. The molecule has 0 unspecified atom stereocenters. The van der Waals surface area contributed by atoms with Gasteiger partial charge in [0, 0.05) is 54.5 Å². The number of sulfone groups is 1. The summed E-state index contributed by atoms with van der Waals surface area (Å²) in [6.07, 6.45) is 2.31. The van der Waals surface area contributed by atoms with Crippen LogP contribution in [0.5, 0.6) is 0 Å². The Kier molecular flexibility index (Phi) is 8.36. The number of hydrogen-bond donors (Lipinski definition) is 5. The fraction of sp³-hybridized carbons (Fsp3) is 0.214. The Morgan fingerprint density at radius 1 is 1.17 bits per heavy atom. The third-order valence-corrected chi connectivity index (χ3v) is 8.30. The van der Waals surface area contributed by atoms with E-state index in [0.29, 0.717) is 46.5 Å². The van der Waals surface area contributed by atoms with Crippen LogP contribution in [0.25, 0.3) is 0 Å². The topological polar surface area (TPSA) is 197 Å². The van der Waals surface area contributed by atoms with Crippen molar-refractivity contribution in [2.75, 3.05) is 24.3 Å². The Hall–Kier alpha value is -4.42. The van der Waals surface area contributed by atoms with E-state index >= 15 is 0 Å². The number of anilines is 2. The maximum Gasteiger partial charge on any atom is 0.326 e. The van der Waals surface area contributed by atoms with Gasteiger partial charge in [0.25, 0.3) is 11.8 Å². The first kappa shape index (κ1) is 29.6. The molecule has 7 N–H and O–H groups in total. The summed E-state index contributed by atoms with van der Waals surface area (Å²) in [5.41, 5.74) is 15.2. The maximum absolute atomic E-state index is 13.2. The van der Waals surface area contributed by atoms with Gasteiger partial charge in [0.1, 0.15) is 6.04 Å². The summed E-state index contributed by atoms with van der Waals surface area (Å²) in [6.45, 7) is 0.486. The van der Waals surface area contributed by atoms with Crippen molar-refractivity contribution in [3.63, 3.8) is 0 Å². The van der Waals surface area contributed by atoms with E-state index in [4.69, 9.17) is 28.5 Å². The minimum absolute atomic E-state index is 0.00385. The van der Waals surface area contributed by atoms with E-state index in [1.54, 1.807) is 29.2 Å². The number of benzene rings is 3. The summed E-state index contributed by atoms with van der Waals surface area (Å²) in [4.78, 5) is 39.9. The van der Waals surface area contributed by atoms with Crippen LogP contribution in [0.4, 0.5) is 11.4 Å². The number of carbonyl (C=O) groups is 3. The molecule has 0 aliphatic carbocycles. The van der Waals surface area contributed by atoms with E-state index in [1.807, 2.05) is 0 Å². The third kappa shape index (κ3) is 6.34. The lowest BCUT2D eigenvalue weighted by Gasteiger charge is -2.31. The number of fused-ring (bicyclic) bond motifs is 1. The van der Waals surface area contributed by atoms with E-state index in [2.05, 4.69) is 5.32 Å². The zero-order valence-corrected chi connectivity index (χ0v) is 23.6. The minimum Gasteiger partial charge on any atom is -0.480 e. The Balaban J connectivity index is 1.54. The van der Waals surface area contributed by atoms with Gasteiger partial charge in [-0.05, 0) is 53.4 Å². The first-order chi connectivity index (χ1) is 19.3. The molecule has 0 fully saturated rings. The molecule has 3 aromatic rings. The Labute approximate surface area is 241 Å². The fourth-order valence-electron chi connectivity index (χ4n) is 4.73. The highest BCUT2D eigenvalue weighted by Crippen LogP contribution is 2.34. The summed E-state index contributed by atoms with van der Waals surface area (Å²) in [5.74, 6) is -2.37. The average molecular weight is 598 g/mol. The molecule has 1 aliphatic rings. The molecule has 0 saturated carbocycles. The molecule has 0 radical (unpaired) electrons. The SMILES string of the molecule is CS(=O)(=O)c1cccc(C[C@H](NC(=O)c2c(Cl)cc3c(c2N)CCN(C(=O)c2ccc(C=N)c(N)c2)C3)C(=O)O)c1. The molecule has 214 valence electrons. The van der Waals surface area contributed by atoms with Crippen molar-refractivity contribution < 1.29 is 27.9 Å². The number of nitrogen functional groups attached to an aromatic ring is 2. The normalized spacial score (nSPS) is 13.7. The molecule has 1 atom stereocenters. The highest BCUT2D eigenvalue weighted by atomic mass is 35.5. The van der Waals surface area contributed by atoms with Gasteiger partial charge in [0.15, 0.2) is 9.84 Å². The zero-order chi connectivity index (χ0) is 30.1. The quantitative estimate of drug-likeness (QED) is 0.193. The summed E-state index contributed by atoms with van der Waals surface area (Å²) < 4.78 is 23.8. The molecule has 0 spiro atoms. The summed E-state index contributed by atoms with van der Waals surface area (Å²) in [7, 11) is -3.50. The largest absolute Gasteiger partial charge is 0.480 e. The van der Waals surface area contributed by atoms with E-state index in [9.17, 15) is 27.9 Å². The Morgan fingerprint density at radius 3 is 2.54 bits per heavy atom. The lowest BCUT2D eigenvalue weighted by molar-refractivity contribution is -0.139. The molecule has 1 heterocycles. The fourth-order valence-corrected chi connectivity index (χ4v) is 5.74. The van der Waals surface area contributed by atoms with Crippen LogP contribution in [-0.2, 0) is 34.0 Å². The summed E-state index contributed by atoms with van der Waals surface area (Å²) in [5, 5.41) is 19.6. The first-order valence-electron chi connectivity index (χ1n) is 12.4. The molecule has 1 aliphatic heterocycles.